The van der Waals surface area contributed by atoms with Crippen molar-refractivity contribution >= 4 is 10.8 Å². The summed E-state index contributed by atoms with van der Waals surface area (Å²) in [4.78, 5) is 2.48. The van der Waals surface area contributed by atoms with Crippen LogP contribution in [0.3, 0.4) is 0 Å². The van der Waals surface area contributed by atoms with E-state index in [1.807, 2.05) is 18.2 Å². The van der Waals surface area contributed by atoms with E-state index in [-0.39, 0.29) is 0 Å². The Hall–Kier alpha value is -0.670. The first kappa shape index (κ1) is 17.4. The molecular formula is C17H29NOS. The van der Waals surface area contributed by atoms with Crippen LogP contribution in [0, 0.1) is 0 Å². The predicted octanol–water partition coefficient (Wildman–Crippen LogP) is 3.84. The largest absolute Gasteiger partial charge is 0.302 e. The van der Waals surface area contributed by atoms with E-state index in [4.69, 9.17) is 0 Å². The highest BCUT2D eigenvalue weighted by Crippen LogP contribution is 2.05. The molecule has 0 amide bonds. The summed E-state index contributed by atoms with van der Waals surface area (Å²) in [7, 11) is -0.744. The first-order valence-electron chi connectivity index (χ1n) is 7.87. The van der Waals surface area contributed by atoms with Gasteiger partial charge in [-0.3, -0.25) is 4.21 Å². The molecule has 0 spiro atoms. The van der Waals surface area contributed by atoms with Crippen LogP contribution in [0.2, 0.25) is 0 Å². The zero-order chi connectivity index (χ0) is 14.6. The minimum absolute atomic E-state index is 0.691. The lowest BCUT2D eigenvalue weighted by atomic mass is 10.2. The van der Waals surface area contributed by atoms with Crippen LogP contribution >= 0.6 is 0 Å². The van der Waals surface area contributed by atoms with Crippen molar-refractivity contribution in [3.63, 3.8) is 0 Å². The number of benzene rings is 1. The van der Waals surface area contributed by atoms with Crippen molar-refractivity contribution in [1.82, 2.24) is 4.90 Å². The summed E-state index contributed by atoms with van der Waals surface area (Å²) in [5.41, 5.74) is 1.18. The van der Waals surface area contributed by atoms with E-state index in [9.17, 15) is 4.21 Å². The van der Waals surface area contributed by atoms with Crippen molar-refractivity contribution in [1.29, 1.82) is 0 Å². The summed E-state index contributed by atoms with van der Waals surface area (Å²) in [5.74, 6) is 1.48. The summed E-state index contributed by atoms with van der Waals surface area (Å²) < 4.78 is 12.1. The van der Waals surface area contributed by atoms with E-state index in [0.717, 1.165) is 25.4 Å². The Morgan fingerprint density at radius 2 is 1.55 bits per heavy atom. The van der Waals surface area contributed by atoms with Crippen molar-refractivity contribution in [3.8, 4) is 0 Å². The summed E-state index contributed by atoms with van der Waals surface area (Å²) in [6.45, 7) is 7.73. The molecule has 1 aromatic carbocycles. The van der Waals surface area contributed by atoms with Crippen LogP contribution in [-0.2, 0) is 16.6 Å². The number of nitrogens with zero attached hydrogens (tertiary/aromatic N) is 1. The molecule has 1 aromatic rings. The van der Waals surface area contributed by atoms with E-state index in [2.05, 4.69) is 30.9 Å². The van der Waals surface area contributed by atoms with Gasteiger partial charge in [-0.25, -0.2) is 0 Å². The highest BCUT2D eigenvalue weighted by atomic mass is 32.2. The molecule has 0 aliphatic rings. The van der Waals surface area contributed by atoms with Crippen LogP contribution in [0.4, 0.5) is 0 Å². The van der Waals surface area contributed by atoms with Crippen LogP contribution in [-0.4, -0.2) is 34.5 Å². The molecule has 0 fully saturated rings. The molecule has 0 N–H and O–H groups in total. The van der Waals surface area contributed by atoms with Gasteiger partial charge in [0.15, 0.2) is 0 Å². The molecule has 0 bridgehead atoms. The van der Waals surface area contributed by atoms with Crippen molar-refractivity contribution in [3.05, 3.63) is 35.9 Å². The Morgan fingerprint density at radius 1 is 0.950 bits per heavy atom. The maximum atomic E-state index is 12.1. The predicted molar refractivity (Wildman–Crippen MR) is 89.4 cm³/mol. The Morgan fingerprint density at radius 3 is 2.10 bits per heavy atom. The van der Waals surface area contributed by atoms with E-state index in [1.165, 1.54) is 31.2 Å². The monoisotopic (exact) mass is 295 g/mol. The first-order valence-corrected chi connectivity index (χ1v) is 9.36. The second-order valence-electron chi connectivity index (χ2n) is 5.32. The Kier molecular flexibility index (Phi) is 9.60. The molecule has 0 aliphatic heterocycles. The molecule has 0 saturated carbocycles. The maximum absolute atomic E-state index is 12.1. The van der Waals surface area contributed by atoms with Gasteiger partial charge in [-0.15, -0.1) is 0 Å². The van der Waals surface area contributed by atoms with Crippen molar-refractivity contribution in [2.75, 3.05) is 25.4 Å². The van der Waals surface area contributed by atoms with E-state index in [1.54, 1.807) is 0 Å². The van der Waals surface area contributed by atoms with Gasteiger partial charge < -0.3 is 4.90 Å². The minimum Gasteiger partial charge on any atom is -0.302 e. The smallest absolute Gasteiger partial charge is 0.0486 e. The number of unbranched alkanes of at least 4 members (excludes halogenated alkanes) is 2. The topological polar surface area (TPSA) is 20.3 Å². The second-order valence-corrected chi connectivity index (χ2v) is 6.90. The Labute approximate surface area is 127 Å². The fourth-order valence-corrected chi connectivity index (χ4v) is 3.33. The summed E-state index contributed by atoms with van der Waals surface area (Å²) in [6, 6.07) is 10.2. The average molecular weight is 295 g/mol. The molecule has 20 heavy (non-hydrogen) atoms. The van der Waals surface area contributed by atoms with Crippen LogP contribution in [0.1, 0.15) is 45.1 Å². The normalized spacial score (nSPS) is 12.8. The van der Waals surface area contributed by atoms with Gasteiger partial charge >= 0.3 is 0 Å². The molecule has 2 nitrogen and oxygen atoms in total. The van der Waals surface area contributed by atoms with Gasteiger partial charge in [0.2, 0.25) is 0 Å². The third-order valence-electron chi connectivity index (χ3n) is 3.46. The first-order chi connectivity index (χ1) is 9.76. The van der Waals surface area contributed by atoms with Crippen LogP contribution in [0.15, 0.2) is 30.3 Å². The van der Waals surface area contributed by atoms with E-state index in [0.29, 0.717) is 5.75 Å². The van der Waals surface area contributed by atoms with Gasteiger partial charge in [0.05, 0.1) is 0 Å². The van der Waals surface area contributed by atoms with Crippen LogP contribution < -0.4 is 0 Å². The summed E-state index contributed by atoms with van der Waals surface area (Å²) in [6.07, 6.45) is 4.95. The highest BCUT2D eigenvalue weighted by molar-refractivity contribution is 7.84. The zero-order valence-electron chi connectivity index (χ0n) is 13.0. The third-order valence-corrected chi connectivity index (χ3v) is 4.75. The zero-order valence-corrected chi connectivity index (χ0v) is 13.8. The molecule has 114 valence electrons. The Balaban J connectivity index is 2.31. The van der Waals surface area contributed by atoms with Gasteiger partial charge in [-0.05, 0) is 31.5 Å². The standard InChI is InChI=1S/C17H29NOS/c1-3-5-12-18(13-6-4-2)14-15-20(19)16-17-10-8-7-9-11-17/h7-11H,3-6,12-16H2,1-2H3. The lowest BCUT2D eigenvalue weighted by Crippen LogP contribution is -2.30. The number of rotatable bonds is 11. The van der Waals surface area contributed by atoms with E-state index >= 15 is 0 Å². The van der Waals surface area contributed by atoms with Crippen molar-refractivity contribution < 1.29 is 4.21 Å². The summed E-state index contributed by atoms with van der Waals surface area (Å²) >= 11 is 0. The molecular weight excluding hydrogens is 266 g/mol. The van der Waals surface area contributed by atoms with Crippen LogP contribution in [0.25, 0.3) is 0 Å². The molecule has 0 saturated heterocycles. The minimum atomic E-state index is -0.744. The molecule has 3 heteroatoms. The second kappa shape index (κ2) is 11.0. The maximum Gasteiger partial charge on any atom is 0.0486 e. The summed E-state index contributed by atoms with van der Waals surface area (Å²) in [5, 5.41) is 0. The lowest BCUT2D eigenvalue weighted by molar-refractivity contribution is 0.280. The van der Waals surface area contributed by atoms with Gasteiger partial charge in [-0.1, -0.05) is 57.0 Å². The van der Waals surface area contributed by atoms with E-state index < -0.39 is 10.8 Å². The molecule has 1 atom stereocenters. The highest BCUT2D eigenvalue weighted by Gasteiger charge is 2.07. The molecule has 1 unspecified atom stereocenters. The van der Waals surface area contributed by atoms with Gasteiger partial charge in [0, 0.05) is 28.9 Å². The SMILES string of the molecule is CCCCN(CCCC)CCS(=O)Cc1ccccc1. The van der Waals surface area contributed by atoms with Crippen molar-refractivity contribution in [2.24, 2.45) is 0 Å². The molecule has 0 radical (unpaired) electrons. The fourth-order valence-electron chi connectivity index (χ4n) is 2.16. The van der Waals surface area contributed by atoms with Gasteiger partial charge in [0.25, 0.3) is 0 Å². The number of hydrogen-bond donors (Lipinski definition) is 0. The fraction of sp³-hybridized carbons (Fsp3) is 0.647. The molecule has 0 aromatic heterocycles. The lowest BCUT2D eigenvalue weighted by Gasteiger charge is -2.21. The van der Waals surface area contributed by atoms with Crippen molar-refractivity contribution in [2.45, 2.75) is 45.3 Å². The molecule has 0 heterocycles. The number of hydrogen-bond acceptors (Lipinski definition) is 2. The van der Waals surface area contributed by atoms with Gasteiger partial charge in [-0.2, -0.15) is 0 Å². The molecule has 0 aliphatic carbocycles. The quantitative estimate of drug-likeness (QED) is 0.618. The van der Waals surface area contributed by atoms with Crippen LogP contribution in [0.5, 0.6) is 0 Å². The Bertz CT molecular complexity index is 359. The van der Waals surface area contributed by atoms with Gasteiger partial charge in [0.1, 0.15) is 0 Å². The third kappa shape index (κ3) is 7.81. The molecule has 1 rings (SSSR count). The average Bonchev–Trinajstić information content (AvgIpc) is 2.47.